The summed E-state index contributed by atoms with van der Waals surface area (Å²) in [5.74, 6) is 1.52. The lowest BCUT2D eigenvalue weighted by atomic mass is 10.0. The van der Waals surface area contributed by atoms with Gasteiger partial charge in [0.05, 0.1) is 0 Å². The zero-order valence-corrected chi connectivity index (χ0v) is 13.6. The first-order chi connectivity index (χ1) is 11.1. The van der Waals surface area contributed by atoms with Gasteiger partial charge in [-0.1, -0.05) is 43.3 Å². The number of carbonyl (C=O) groups is 1. The molecule has 0 spiro atoms. The van der Waals surface area contributed by atoms with Crippen molar-refractivity contribution in [3.8, 4) is 0 Å². The van der Waals surface area contributed by atoms with Crippen molar-refractivity contribution in [1.29, 1.82) is 0 Å². The standard InChI is InChI=1S/C17H22N4O2/c1-12(2)16-19-15(23-20-16)7-9-18-17(22)21-10-8-13-5-3-4-6-14(13)11-21/h3-6,12H,7-11H2,1-2H3,(H,18,22). The fourth-order valence-corrected chi connectivity index (χ4v) is 2.66. The summed E-state index contributed by atoms with van der Waals surface area (Å²) in [7, 11) is 0. The molecule has 6 heteroatoms. The highest BCUT2D eigenvalue weighted by Gasteiger charge is 2.20. The van der Waals surface area contributed by atoms with Gasteiger partial charge >= 0.3 is 6.03 Å². The monoisotopic (exact) mass is 314 g/mol. The second kappa shape index (κ2) is 6.81. The number of aromatic nitrogens is 2. The van der Waals surface area contributed by atoms with Crippen molar-refractivity contribution in [2.24, 2.45) is 0 Å². The molecule has 1 aliphatic heterocycles. The number of nitrogens with one attached hydrogen (secondary N) is 1. The van der Waals surface area contributed by atoms with Crippen LogP contribution in [0, 0.1) is 0 Å². The molecule has 2 heterocycles. The highest BCUT2D eigenvalue weighted by Crippen LogP contribution is 2.18. The van der Waals surface area contributed by atoms with Crippen LogP contribution in [0.1, 0.15) is 42.6 Å². The van der Waals surface area contributed by atoms with Crippen LogP contribution < -0.4 is 5.32 Å². The van der Waals surface area contributed by atoms with Crippen LogP contribution in [-0.2, 0) is 19.4 Å². The highest BCUT2D eigenvalue weighted by molar-refractivity contribution is 5.74. The molecule has 1 aromatic carbocycles. The van der Waals surface area contributed by atoms with Gasteiger partial charge in [0, 0.05) is 32.0 Å². The number of hydrogen-bond donors (Lipinski definition) is 1. The lowest BCUT2D eigenvalue weighted by Gasteiger charge is -2.28. The molecule has 0 saturated carbocycles. The van der Waals surface area contributed by atoms with E-state index >= 15 is 0 Å². The minimum Gasteiger partial charge on any atom is -0.339 e. The SMILES string of the molecule is CC(C)c1noc(CCNC(=O)N2CCc3ccccc3C2)n1. The van der Waals surface area contributed by atoms with Gasteiger partial charge in [-0.2, -0.15) is 4.98 Å². The Labute approximate surface area is 135 Å². The first-order valence-electron chi connectivity index (χ1n) is 8.05. The van der Waals surface area contributed by atoms with E-state index in [1.807, 2.05) is 30.9 Å². The van der Waals surface area contributed by atoms with Gasteiger partial charge in [-0.15, -0.1) is 0 Å². The third-order valence-corrected chi connectivity index (χ3v) is 4.03. The van der Waals surface area contributed by atoms with Crippen LogP contribution in [0.5, 0.6) is 0 Å². The van der Waals surface area contributed by atoms with Crippen LogP contribution in [-0.4, -0.2) is 34.2 Å². The second-order valence-corrected chi connectivity index (χ2v) is 6.12. The van der Waals surface area contributed by atoms with Gasteiger partial charge in [0.1, 0.15) is 0 Å². The van der Waals surface area contributed by atoms with Gasteiger partial charge in [-0.25, -0.2) is 4.79 Å². The molecule has 122 valence electrons. The maximum absolute atomic E-state index is 12.3. The van der Waals surface area contributed by atoms with Gasteiger partial charge in [0.2, 0.25) is 5.89 Å². The Bertz CT molecular complexity index is 681. The molecule has 2 aromatic rings. The molecule has 1 aliphatic rings. The summed E-state index contributed by atoms with van der Waals surface area (Å²) < 4.78 is 5.17. The molecule has 2 amide bonds. The van der Waals surface area contributed by atoms with Gasteiger partial charge in [-0.3, -0.25) is 0 Å². The van der Waals surface area contributed by atoms with Crippen molar-refractivity contribution < 1.29 is 9.32 Å². The number of rotatable bonds is 4. The molecule has 0 bridgehead atoms. The van der Waals surface area contributed by atoms with Crippen LogP contribution in [0.2, 0.25) is 0 Å². The number of benzene rings is 1. The molecule has 0 aliphatic carbocycles. The van der Waals surface area contributed by atoms with E-state index in [1.54, 1.807) is 0 Å². The molecule has 6 nitrogen and oxygen atoms in total. The number of hydrogen-bond acceptors (Lipinski definition) is 4. The van der Waals surface area contributed by atoms with Crippen molar-refractivity contribution >= 4 is 6.03 Å². The van der Waals surface area contributed by atoms with Crippen molar-refractivity contribution in [2.75, 3.05) is 13.1 Å². The van der Waals surface area contributed by atoms with E-state index in [-0.39, 0.29) is 11.9 Å². The van der Waals surface area contributed by atoms with Crippen LogP contribution >= 0.6 is 0 Å². The zero-order chi connectivity index (χ0) is 16.2. The highest BCUT2D eigenvalue weighted by atomic mass is 16.5. The minimum absolute atomic E-state index is 0.0388. The molecule has 3 rings (SSSR count). The van der Waals surface area contributed by atoms with E-state index in [2.05, 4.69) is 27.6 Å². The summed E-state index contributed by atoms with van der Waals surface area (Å²) >= 11 is 0. The number of nitrogens with zero attached hydrogens (tertiary/aromatic N) is 3. The van der Waals surface area contributed by atoms with Crippen LogP contribution in [0.15, 0.2) is 28.8 Å². The Morgan fingerprint density at radius 3 is 2.87 bits per heavy atom. The lowest BCUT2D eigenvalue weighted by Crippen LogP contribution is -2.43. The molecule has 1 N–H and O–H groups in total. The van der Waals surface area contributed by atoms with Crippen LogP contribution in [0.4, 0.5) is 4.79 Å². The van der Waals surface area contributed by atoms with Gasteiger partial charge in [0.25, 0.3) is 0 Å². The van der Waals surface area contributed by atoms with E-state index in [1.165, 1.54) is 11.1 Å². The van der Waals surface area contributed by atoms with Gasteiger partial charge in [0.15, 0.2) is 5.82 Å². The predicted molar refractivity (Wildman–Crippen MR) is 86.0 cm³/mol. The summed E-state index contributed by atoms with van der Waals surface area (Å²) in [6.07, 6.45) is 1.46. The maximum Gasteiger partial charge on any atom is 0.317 e. The number of amides is 2. The van der Waals surface area contributed by atoms with Crippen molar-refractivity contribution in [3.05, 3.63) is 47.1 Å². The lowest BCUT2D eigenvalue weighted by molar-refractivity contribution is 0.192. The summed E-state index contributed by atoms with van der Waals surface area (Å²) in [6.45, 7) is 5.95. The van der Waals surface area contributed by atoms with Crippen molar-refractivity contribution in [2.45, 2.75) is 39.2 Å². The zero-order valence-electron chi connectivity index (χ0n) is 13.6. The summed E-state index contributed by atoms with van der Waals surface area (Å²) in [5, 5.41) is 6.85. The molecule has 0 unspecified atom stereocenters. The third-order valence-electron chi connectivity index (χ3n) is 4.03. The van der Waals surface area contributed by atoms with Crippen LogP contribution in [0.3, 0.4) is 0 Å². The summed E-state index contributed by atoms with van der Waals surface area (Å²) in [6, 6.07) is 8.24. The number of fused-ring (bicyclic) bond motifs is 1. The molecule has 1 aromatic heterocycles. The van der Waals surface area contributed by atoms with E-state index in [0.29, 0.717) is 31.2 Å². The van der Waals surface area contributed by atoms with E-state index < -0.39 is 0 Å². The number of urea groups is 1. The molecule has 0 atom stereocenters. The Kier molecular flexibility index (Phi) is 4.60. The predicted octanol–water partition coefficient (Wildman–Crippen LogP) is 2.50. The molecular weight excluding hydrogens is 292 g/mol. The van der Waals surface area contributed by atoms with Crippen molar-refractivity contribution in [1.82, 2.24) is 20.4 Å². The average molecular weight is 314 g/mol. The smallest absolute Gasteiger partial charge is 0.317 e. The fraction of sp³-hybridized carbons (Fsp3) is 0.471. The Balaban J connectivity index is 1.48. The maximum atomic E-state index is 12.3. The number of carbonyl (C=O) groups excluding carboxylic acids is 1. The van der Waals surface area contributed by atoms with E-state index in [4.69, 9.17) is 4.52 Å². The third kappa shape index (κ3) is 3.70. The Hall–Kier alpha value is -2.37. The van der Waals surface area contributed by atoms with Gasteiger partial charge in [-0.05, 0) is 17.5 Å². The first-order valence-corrected chi connectivity index (χ1v) is 8.05. The molecule has 23 heavy (non-hydrogen) atoms. The van der Waals surface area contributed by atoms with Gasteiger partial charge < -0.3 is 14.7 Å². The molecule has 0 saturated heterocycles. The van der Waals surface area contributed by atoms with E-state index in [0.717, 1.165) is 13.0 Å². The quantitative estimate of drug-likeness (QED) is 0.941. The normalized spacial score (nSPS) is 14.0. The minimum atomic E-state index is -0.0388. The van der Waals surface area contributed by atoms with Crippen molar-refractivity contribution in [3.63, 3.8) is 0 Å². The topological polar surface area (TPSA) is 71.3 Å². The summed E-state index contributed by atoms with van der Waals surface area (Å²) in [5.41, 5.74) is 2.57. The van der Waals surface area contributed by atoms with Crippen LogP contribution in [0.25, 0.3) is 0 Å². The summed E-state index contributed by atoms with van der Waals surface area (Å²) in [4.78, 5) is 18.4. The molecule has 0 radical (unpaired) electrons. The first kappa shape index (κ1) is 15.5. The Morgan fingerprint density at radius 1 is 1.35 bits per heavy atom. The Morgan fingerprint density at radius 2 is 2.13 bits per heavy atom. The largest absolute Gasteiger partial charge is 0.339 e. The molecular formula is C17H22N4O2. The second-order valence-electron chi connectivity index (χ2n) is 6.12. The molecule has 0 fully saturated rings. The fourth-order valence-electron chi connectivity index (χ4n) is 2.66. The van der Waals surface area contributed by atoms with E-state index in [9.17, 15) is 4.79 Å². The average Bonchev–Trinajstić information content (AvgIpc) is 3.03.